The maximum Gasteiger partial charge on any atom is 0.233 e. The normalized spacial score (nSPS) is 10.6. The van der Waals surface area contributed by atoms with E-state index in [1.54, 1.807) is 0 Å². The lowest BCUT2D eigenvalue weighted by atomic mass is 10.2. The zero-order chi connectivity index (χ0) is 10.8. The van der Waals surface area contributed by atoms with Crippen LogP contribution in [0, 0.1) is 0 Å². The molecular formula is C9H21N3OS. The maximum absolute atomic E-state index is 10.8. The Kier molecular flexibility index (Phi) is 9.13. The van der Waals surface area contributed by atoms with E-state index in [1.165, 1.54) is 5.75 Å². The Hall–Kier alpha value is -0.260. The fraction of sp³-hybridized carbons (Fsp3) is 0.889. The molecule has 0 aromatic heterocycles. The molecule has 0 atom stereocenters. The van der Waals surface area contributed by atoms with Crippen LogP contribution in [0.25, 0.3) is 0 Å². The van der Waals surface area contributed by atoms with Gasteiger partial charge in [-0.1, -0.05) is 0 Å². The van der Waals surface area contributed by atoms with Gasteiger partial charge in [-0.2, -0.15) is 11.8 Å². The molecule has 0 spiro atoms. The summed E-state index contributed by atoms with van der Waals surface area (Å²) in [5, 5.41) is 0. The summed E-state index contributed by atoms with van der Waals surface area (Å²) in [7, 11) is 2.11. The Labute approximate surface area is 90.6 Å². The van der Waals surface area contributed by atoms with Crippen LogP contribution in [0.2, 0.25) is 0 Å². The van der Waals surface area contributed by atoms with Gasteiger partial charge < -0.3 is 4.90 Å². The van der Waals surface area contributed by atoms with Gasteiger partial charge in [0.1, 0.15) is 0 Å². The van der Waals surface area contributed by atoms with Crippen molar-refractivity contribution in [1.29, 1.82) is 0 Å². The van der Waals surface area contributed by atoms with Gasteiger partial charge in [-0.3, -0.25) is 10.2 Å². The fourth-order valence-electron chi connectivity index (χ4n) is 1.10. The maximum atomic E-state index is 10.8. The van der Waals surface area contributed by atoms with Gasteiger partial charge in [0, 0.05) is 18.7 Å². The lowest BCUT2D eigenvalue weighted by Gasteiger charge is -2.15. The van der Waals surface area contributed by atoms with Crippen LogP contribution in [0.4, 0.5) is 0 Å². The van der Waals surface area contributed by atoms with Crippen LogP contribution in [-0.4, -0.2) is 43.0 Å². The number of nitrogens with two attached hydrogens (primary N) is 1. The van der Waals surface area contributed by atoms with Gasteiger partial charge in [-0.25, -0.2) is 5.84 Å². The zero-order valence-corrected chi connectivity index (χ0v) is 9.90. The molecule has 0 heterocycles. The molecule has 0 aliphatic heterocycles. The minimum atomic E-state index is -0.0724. The average Bonchev–Trinajstić information content (AvgIpc) is 2.21. The minimum Gasteiger partial charge on any atom is -0.306 e. The number of hydrogen-bond donors (Lipinski definition) is 2. The van der Waals surface area contributed by atoms with Crippen molar-refractivity contribution in [3.8, 4) is 0 Å². The Morgan fingerprint density at radius 2 is 2.14 bits per heavy atom. The first-order valence-electron chi connectivity index (χ1n) is 4.87. The number of hydrogen-bond acceptors (Lipinski definition) is 4. The standard InChI is InChI=1S/C9H21N3OS/c1-12(7-8-14-2)6-4-3-5-9(13)11-10/h3-8,10H2,1-2H3,(H,11,13). The number of hydrazine groups is 1. The summed E-state index contributed by atoms with van der Waals surface area (Å²) in [5.41, 5.74) is 2.13. The molecule has 0 fully saturated rings. The van der Waals surface area contributed by atoms with Gasteiger partial charge in [0.15, 0.2) is 0 Å². The molecule has 0 bridgehead atoms. The molecular weight excluding hydrogens is 198 g/mol. The summed E-state index contributed by atoms with van der Waals surface area (Å²) in [6.45, 7) is 2.17. The van der Waals surface area contributed by atoms with Gasteiger partial charge in [-0.05, 0) is 32.7 Å². The Bertz CT molecular complexity index is 155. The number of amides is 1. The van der Waals surface area contributed by atoms with Crippen molar-refractivity contribution in [3.63, 3.8) is 0 Å². The highest BCUT2D eigenvalue weighted by Crippen LogP contribution is 1.99. The zero-order valence-electron chi connectivity index (χ0n) is 9.08. The summed E-state index contributed by atoms with van der Waals surface area (Å²) >= 11 is 1.86. The van der Waals surface area contributed by atoms with Crippen LogP contribution in [0.1, 0.15) is 19.3 Å². The second kappa shape index (κ2) is 9.30. The first-order chi connectivity index (χ1) is 6.70. The molecule has 1 amide bonds. The molecule has 14 heavy (non-hydrogen) atoms. The Morgan fingerprint density at radius 1 is 1.43 bits per heavy atom. The first-order valence-corrected chi connectivity index (χ1v) is 6.27. The van der Waals surface area contributed by atoms with E-state index in [0.29, 0.717) is 6.42 Å². The second-order valence-corrected chi connectivity index (χ2v) is 4.31. The summed E-state index contributed by atoms with van der Waals surface area (Å²) < 4.78 is 0. The van der Waals surface area contributed by atoms with E-state index in [1.807, 2.05) is 11.8 Å². The molecule has 0 saturated heterocycles. The molecule has 0 aromatic rings. The smallest absolute Gasteiger partial charge is 0.233 e. The van der Waals surface area contributed by atoms with E-state index in [2.05, 4.69) is 23.6 Å². The number of carbonyl (C=O) groups excluding carboxylic acids is 1. The van der Waals surface area contributed by atoms with Crippen molar-refractivity contribution in [3.05, 3.63) is 0 Å². The number of nitrogens with zero attached hydrogens (tertiary/aromatic N) is 1. The highest BCUT2D eigenvalue weighted by atomic mass is 32.2. The molecule has 0 rings (SSSR count). The van der Waals surface area contributed by atoms with E-state index in [4.69, 9.17) is 5.84 Å². The third-order valence-corrected chi connectivity index (χ3v) is 2.62. The fourth-order valence-corrected chi connectivity index (χ4v) is 1.59. The van der Waals surface area contributed by atoms with Crippen LogP contribution < -0.4 is 11.3 Å². The highest BCUT2D eigenvalue weighted by molar-refractivity contribution is 7.98. The van der Waals surface area contributed by atoms with Crippen LogP contribution in [0.3, 0.4) is 0 Å². The van der Waals surface area contributed by atoms with Gasteiger partial charge in [-0.15, -0.1) is 0 Å². The van der Waals surface area contributed by atoms with Crippen molar-refractivity contribution < 1.29 is 4.79 Å². The number of nitrogens with one attached hydrogen (secondary N) is 1. The summed E-state index contributed by atoms with van der Waals surface area (Å²) in [6.07, 6.45) is 4.61. The van der Waals surface area contributed by atoms with Crippen LogP contribution in [0.15, 0.2) is 0 Å². The third kappa shape index (κ3) is 8.34. The summed E-state index contributed by atoms with van der Waals surface area (Å²) in [6, 6.07) is 0. The molecule has 4 nitrogen and oxygen atoms in total. The number of carbonyl (C=O) groups is 1. The van der Waals surface area contributed by atoms with Crippen molar-refractivity contribution in [2.45, 2.75) is 19.3 Å². The number of unbranched alkanes of at least 4 members (excludes halogenated alkanes) is 1. The van der Waals surface area contributed by atoms with E-state index >= 15 is 0 Å². The number of rotatable bonds is 8. The van der Waals surface area contributed by atoms with Crippen LogP contribution >= 0.6 is 11.8 Å². The lowest BCUT2D eigenvalue weighted by molar-refractivity contribution is -0.121. The molecule has 5 heteroatoms. The molecule has 0 saturated carbocycles. The predicted molar refractivity (Wildman–Crippen MR) is 62.1 cm³/mol. The van der Waals surface area contributed by atoms with Crippen molar-refractivity contribution in [2.24, 2.45) is 5.84 Å². The van der Waals surface area contributed by atoms with Crippen LogP contribution in [0.5, 0.6) is 0 Å². The largest absolute Gasteiger partial charge is 0.306 e. The Morgan fingerprint density at radius 3 is 2.71 bits per heavy atom. The molecule has 0 unspecified atom stereocenters. The van der Waals surface area contributed by atoms with E-state index in [-0.39, 0.29) is 5.91 Å². The predicted octanol–water partition coefficient (Wildman–Crippen LogP) is 0.441. The van der Waals surface area contributed by atoms with Crippen LogP contribution in [-0.2, 0) is 4.79 Å². The van der Waals surface area contributed by atoms with Crippen molar-refractivity contribution in [2.75, 3.05) is 32.1 Å². The summed E-state index contributed by atoms with van der Waals surface area (Å²) in [4.78, 5) is 13.1. The molecule has 0 aromatic carbocycles. The van der Waals surface area contributed by atoms with Gasteiger partial charge in [0.2, 0.25) is 5.91 Å². The Balaban J connectivity index is 3.22. The molecule has 0 aliphatic carbocycles. The van der Waals surface area contributed by atoms with Gasteiger partial charge >= 0.3 is 0 Å². The minimum absolute atomic E-state index is 0.0724. The van der Waals surface area contributed by atoms with E-state index in [9.17, 15) is 4.79 Å². The highest BCUT2D eigenvalue weighted by Gasteiger charge is 2.00. The SMILES string of the molecule is CSCCN(C)CCCCC(=O)NN. The van der Waals surface area contributed by atoms with Gasteiger partial charge in [0.25, 0.3) is 0 Å². The molecule has 3 N–H and O–H groups in total. The lowest BCUT2D eigenvalue weighted by Crippen LogP contribution is -2.30. The quantitative estimate of drug-likeness (QED) is 0.269. The molecule has 0 aliphatic rings. The van der Waals surface area contributed by atoms with Gasteiger partial charge in [0.05, 0.1) is 0 Å². The molecule has 0 radical (unpaired) electrons. The third-order valence-electron chi connectivity index (χ3n) is 2.03. The monoisotopic (exact) mass is 219 g/mol. The number of thioether (sulfide) groups is 1. The van der Waals surface area contributed by atoms with Crippen molar-refractivity contribution >= 4 is 17.7 Å². The van der Waals surface area contributed by atoms with Crippen molar-refractivity contribution in [1.82, 2.24) is 10.3 Å². The van der Waals surface area contributed by atoms with E-state index < -0.39 is 0 Å². The average molecular weight is 219 g/mol. The molecule has 84 valence electrons. The second-order valence-electron chi connectivity index (χ2n) is 3.32. The first kappa shape index (κ1) is 13.7. The summed E-state index contributed by atoms with van der Waals surface area (Å²) in [5.74, 6) is 6.06. The van der Waals surface area contributed by atoms with E-state index in [0.717, 1.165) is 25.9 Å². The topological polar surface area (TPSA) is 58.4 Å².